The van der Waals surface area contributed by atoms with Crippen molar-refractivity contribution in [3.8, 4) is 0 Å². The molecule has 2 aliphatic rings. The third kappa shape index (κ3) is 3.70. The zero-order chi connectivity index (χ0) is 12.3. The molecule has 3 heteroatoms. The van der Waals surface area contributed by atoms with Crippen molar-refractivity contribution in [2.75, 3.05) is 26.2 Å². The Morgan fingerprint density at radius 3 is 2.59 bits per heavy atom. The number of likely N-dealkylation sites (tertiary alicyclic amines) is 1. The van der Waals surface area contributed by atoms with Crippen LogP contribution in [-0.2, 0) is 4.79 Å². The van der Waals surface area contributed by atoms with Crippen LogP contribution in [0.3, 0.4) is 0 Å². The molecular formula is C14H26N2O. The second-order valence-electron chi connectivity index (χ2n) is 6.14. The summed E-state index contributed by atoms with van der Waals surface area (Å²) < 4.78 is 0. The number of rotatable bonds is 3. The van der Waals surface area contributed by atoms with E-state index in [-0.39, 0.29) is 0 Å². The molecule has 0 bridgehead atoms. The van der Waals surface area contributed by atoms with Crippen LogP contribution in [0.25, 0.3) is 0 Å². The number of hydrogen-bond acceptors (Lipinski definition) is 2. The van der Waals surface area contributed by atoms with Crippen LogP contribution in [0, 0.1) is 17.8 Å². The van der Waals surface area contributed by atoms with Gasteiger partial charge in [-0.25, -0.2) is 0 Å². The molecule has 0 aromatic rings. The minimum absolute atomic E-state index is 0.385. The second kappa shape index (κ2) is 5.85. The topological polar surface area (TPSA) is 32.3 Å². The monoisotopic (exact) mass is 238 g/mol. The van der Waals surface area contributed by atoms with Crippen molar-refractivity contribution in [3.05, 3.63) is 0 Å². The molecular weight excluding hydrogens is 212 g/mol. The summed E-state index contributed by atoms with van der Waals surface area (Å²) in [6.07, 6.45) is 4.35. The average molecular weight is 238 g/mol. The fourth-order valence-corrected chi connectivity index (χ4v) is 3.31. The lowest BCUT2D eigenvalue weighted by Crippen LogP contribution is -2.42. The van der Waals surface area contributed by atoms with Gasteiger partial charge in [0.2, 0.25) is 5.91 Å². The van der Waals surface area contributed by atoms with Crippen LogP contribution in [0.5, 0.6) is 0 Å². The Morgan fingerprint density at radius 1 is 1.29 bits per heavy atom. The molecule has 3 atom stereocenters. The van der Waals surface area contributed by atoms with E-state index < -0.39 is 0 Å². The van der Waals surface area contributed by atoms with Crippen molar-refractivity contribution in [1.82, 2.24) is 10.2 Å². The minimum atomic E-state index is 0.385. The molecule has 17 heavy (non-hydrogen) atoms. The number of carbonyl (C=O) groups excluding carboxylic acids is 1. The lowest BCUT2D eigenvalue weighted by Gasteiger charge is -2.35. The fourth-order valence-electron chi connectivity index (χ4n) is 3.31. The smallest absolute Gasteiger partial charge is 0.222 e. The molecule has 98 valence electrons. The molecule has 1 N–H and O–H groups in total. The van der Waals surface area contributed by atoms with E-state index in [1.807, 2.05) is 0 Å². The Bertz CT molecular complexity index is 251. The van der Waals surface area contributed by atoms with E-state index in [0.29, 0.717) is 17.7 Å². The summed E-state index contributed by atoms with van der Waals surface area (Å²) in [5.41, 5.74) is 0. The maximum absolute atomic E-state index is 12.2. The SMILES string of the molecule is CC1CC(C)CN(C(=O)CCC2CCNC2)C1. The van der Waals surface area contributed by atoms with Gasteiger partial charge in [0.25, 0.3) is 0 Å². The zero-order valence-corrected chi connectivity index (χ0v) is 11.2. The highest BCUT2D eigenvalue weighted by molar-refractivity contribution is 5.76. The number of nitrogens with one attached hydrogen (secondary N) is 1. The zero-order valence-electron chi connectivity index (χ0n) is 11.2. The fraction of sp³-hybridized carbons (Fsp3) is 0.929. The van der Waals surface area contributed by atoms with Crippen LogP contribution >= 0.6 is 0 Å². The maximum atomic E-state index is 12.2. The highest BCUT2D eigenvalue weighted by atomic mass is 16.2. The lowest BCUT2D eigenvalue weighted by atomic mass is 9.91. The molecule has 3 nitrogen and oxygen atoms in total. The maximum Gasteiger partial charge on any atom is 0.222 e. The van der Waals surface area contributed by atoms with E-state index in [4.69, 9.17) is 0 Å². The predicted octanol–water partition coefficient (Wildman–Crippen LogP) is 1.88. The predicted molar refractivity (Wildman–Crippen MR) is 69.7 cm³/mol. The normalized spacial score (nSPS) is 34.0. The number of amides is 1. The van der Waals surface area contributed by atoms with E-state index in [1.54, 1.807) is 0 Å². The number of hydrogen-bond donors (Lipinski definition) is 1. The number of carbonyl (C=O) groups is 1. The van der Waals surface area contributed by atoms with Crippen molar-refractivity contribution >= 4 is 5.91 Å². The summed E-state index contributed by atoms with van der Waals surface area (Å²) in [6, 6.07) is 0. The Balaban J connectivity index is 1.74. The number of piperidine rings is 1. The van der Waals surface area contributed by atoms with Crippen molar-refractivity contribution in [1.29, 1.82) is 0 Å². The first-order valence-electron chi connectivity index (χ1n) is 7.13. The van der Waals surface area contributed by atoms with Crippen molar-refractivity contribution in [2.24, 2.45) is 17.8 Å². The molecule has 0 radical (unpaired) electrons. The Hall–Kier alpha value is -0.570. The minimum Gasteiger partial charge on any atom is -0.342 e. The molecule has 0 aromatic heterocycles. The summed E-state index contributed by atoms with van der Waals surface area (Å²) in [7, 11) is 0. The van der Waals surface area contributed by atoms with Gasteiger partial charge in [-0.05, 0) is 50.1 Å². The molecule has 2 fully saturated rings. The summed E-state index contributed by atoms with van der Waals surface area (Å²) in [5.74, 6) is 2.47. The molecule has 1 amide bonds. The summed E-state index contributed by atoms with van der Waals surface area (Å²) in [4.78, 5) is 14.2. The molecule has 0 aromatic carbocycles. The van der Waals surface area contributed by atoms with Crippen molar-refractivity contribution in [3.63, 3.8) is 0 Å². The van der Waals surface area contributed by atoms with Gasteiger partial charge in [-0.1, -0.05) is 13.8 Å². The van der Waals surface area contributed by atoms with E-state index in [1.165, 1.54) is 12.8 Å². The molecule has 0 spiro atoms. The quantitative estimate of drug-likeness (QED) is 0.814. The van der Waals surface area contributed by atoms with Crippen LogP contribution in [0.4, 0.5) is 0 Å². The van der Waals surface area contributed by atoms with Gasteiger partial charge in [-0.2, -0.15) is 0 Å². The van der Waals surface area contributed by atoms with Gasteiger partial charge in [0.05, 0.1) is 0 Å². The Morgan fingerprint density at radius 2 is 2.00 bits per heavy atom. The summed E-state index contributed by atoms with van der Waals surface area (Å²) in [6.45, 7) is 8.72. The van der Waals surface area contributed by atoms with Crippen LogP contribution in [0.2, 0.25) is 0 Å². The number of nitrogens with zero attached hydrogens (tertiary/aromatic N) is 1. The van der Waals surface area contributed by atoms with Gasteiger partial charge in [0.15, 0.2) is 0 Å². The van der Waals surface area contributed by atoms with Gasteiger partial charge >= 0.3 is 0 Å². The largest absolute Gasteiger partial charge is 0.342 e. The van der Waals surface area contributed by atoms with Gasteiger partial charge in [0, 0.05) is 19.5 Å². The van der Waals surface area contributed by atoms with Crippen LogP contribution in [-0.4, -0.2) is 37.0 Å². The van der Waals surface area contributed by atoms with Crippen LogP contribution in [0.15, 0.2) is 0 Å². The van der Waals surface area contributed by atoms with Gasteiger partial charge in [0.1, 0.15) is 0 Å². The summed E-state index contributed by atoms with van der Waals surface area (Å²) in [5, 5.41) is 3.36. The molecule has 2 heterocycles. The highest BCUT2D eigenvalue weighted by Crippen LogP contribution is 2.22. The summed E-state index contributed by atoms with van der Waals surface area (Å²) >= 11 is 0. The average Bonchev–Trinajstić information content (AvgIpc) is 2.77. The van der Waals surface area contributed by atoms with Crippen molar-refractivity contribution < 1.29 is 4.79 Å². The first-order valence-corrected chi connectivity index (χ1v) is 7.13. The lowest BCUT2D eigenvalue weighted by molar-refractivity contribution is -0.134. The third-order valence-corrected chi connectivity index (χ3v) is 4.15. The Kier molecular flexibility index (Phi) is 4.43. The second-order valence-corrected chi connectivity index (χ2v) is 6.14. The van der Waals surface area contributed by atoms with E-state index >= 15 is 0 Å². The van der Waals surface area contributed by atoms with Gasteiger partial charge in [-0.3, -0.25) is 4.79 Å². The van der Waals surface area contributed by atoms with E-state index in [9.17, 15) is 4.79 Å². The van der Waals surface area contributed by atoms with Crippen molar-refractivity contribution in [2.45, 2.75) is 39.5 Å². The Labute approximate surface area is 105 Å². The highest BCUT2D eigenvalue weighted by Gasteiger charge is 2.25. The third-order valence-electron chi connectivity index (χ3n) is 4.15. The molecule has 2 rings (SSSR count). The first kappa shape index (κ1) is 12.9. The van der Waals surface area contributed by atoms with E-state index in [2.05, 4.69) is 24.1 Å². The van der Waals surface area contributed by atoms with Gasteiger partial charge < -0.3 is 10.2 Å². The molecule has 3 unspecified atom stereocenters. The molecule has 0 saturated carbocycles. The van der Waals surface area contributed by atoms with E-state index in [0.717, 1.165) is 44.9 Å². The molecule has 2 aliphatic heterocycles. The van der Waals surface area contributed by atoms with Gasteiger partial charge in [-0.15, -0.1) is 0 Å². The molecule has 2 saturated heterocycles. The molecule has 0 aliphatic carbocycles. The first-order chi connectivity index (χ1) is 8.15. The van der Waals surface area contributed by atoms with Crippen LogP contribution in [0.1, 0.15) is 39.5 Å². The standard InChI is InChI=1S/C14H26N2O/c1-11-7-12(2)10-16(9-11)14(17)4-3-13-5-6-15-8-13/h11-13,15H,3-10H2,1-2H3. The van der Waals surface area contributed by atoms with Crippen LogP contribution < -0.4 is 5.32 Å².